The Balaban J connectivity index is 2.77. The molecule has 5 nitrogen and oxygen atoms in total. The fraction of sp³-hybridized carbons (Fsp3) is 0.556. The number of hydrogen-bond donors (Lipinski definition) is 2. The van der Waals surface area contributed by atoms with E-state index in [4.69, 9.17) is 5.73 Å². The molecule has 0 aromatic carbocycles. The third kappa shape index (κ3) is 2.32. The van der Waals surface area contributed by atoms with Crippen molar-refractivity contribution >= 4 is 5.91 Å². The Bertz CT molecular complexity index is 319. The molecule has 0 saturated heterocycles. The van der Waals surface area contributed by atoms with Crippen LogP contribution in [0.3, 0.4) is 0 Å². The molecule has 0 saturated carbocycles. The van der Waals surface area contributed by atoms with Crippen LogP contribution in [0.15, 0.2) is 6.20 Å². The zero-order valence-corrected chi connectivity index (χ0v) is 8.58. The lowest BCUT2D eigenvalue weighted by atomic mass is 10.2. The summed E-state index contributed by atoms with van der Waals surface area (Å²) in [5.41, 5.74) is 6.76. The number of carbonyl (C=O) groups is 1. The number of carbonyl (C=O) groups excluding carboxylic acids is 1. The van der Waals surface area contributed by atoms with Gasteiger partial charge in [-0.1, -0.05) is 6.92 Å². The molecular formula is C9H16N4O. The smallest absolute Gasteiger partial charge is 0.254 e. The highest BCUT2D eigenvalue weighted by molar-refractivity contribution is 5.95. The van der Waals surface area contributed by atoms with Crippen LogP contribution in [0.25, 0.3) is 0 Å². The van der Waals surface area contributed by atoms with E-state index < -0.39 is 0 Å². The summed E-state index contributed by atoms with van der Waals surface area (Å²) in [7, 11) is 1.80. The third-order valence-corrected chi connectivity index (χ3v) is 1.91. The number of nitrogens with two attached hydrogens (primary N) is 1. The van der Waals surface area contributed by atoms with Crippen LogP contribution in [-0.2, 0) is 13.5 Å². The number of nitrogens with one attached hydrogen (secondary N) is 1. The van der Waals surface area contributed by atoms with Crippen LogP contribution in [0, 0.1) is 0 Å². The largest absolute Gasteiger partial charge is 0.351 e. The summed E-state index contributed by atoms with van der Waals surface area (Å²) in [6.07, 6.45) is 2.48. The monoisotopic (exact) mass is 196 g/mol. The quantitative estimate of drug-likeness (QED) is 0.692. The van der Waals surface area contributed by atoms with E-state index in [1.165, 1.54) is 0 Å². The molecule has 1 aromatic rings. The van der Waals surface area contributed by atoms with E-state index in [9.17, 15) is 4.79 Å². The first kappa shape index (κ1) is 10.7. The molecule has 0 aliphatic heterocycles. The maximum atomic E-state index is 11.6. The van der Waals surface area contributed by atoms with Gasteiger partial charge in [0.15, 0.2) is 0 Å². The molecule has 1 aromatic heterocycles. The van der Waals surface area contributed by atoms with Gasteiger partial charge in [-0.25, -0.2) is 0 Å². The summed E-state index contributed by atoms with van der Waals surface area (Å²) in [4.78, 5) is 11.6. The predicted octanol–water partition coefficient (Wildman–Crippen LogP) is -0.329. The Kier molecular flexibility index (Phi) is 3.64. The van der Waals surface area contributed by atoms with Gasteiger partial charge in [-0.2, -0.15) is 5.10 Å². The first-order chi connectivity index (χ1) is 6.69. The standard InChI is InChI=1S/C9H16N4O/c1-3-8-7(6-13(2)12-8)9(14)11-5-4-10/h6H,3-5,10H2,1-2H3,(H,11,14). The van der Waals surface area contributed by atoms with Gasteiger partial charge in [-0.3, -0.25) is 9.48 Å². The van der Waals surface area contributed by atoms with Gasteiger partial charge >= 0.3 is 0 Å². The summed E-state index contributed by atoms with van der Waals surface area (Å²) >= 11 is 0. The fourth-order valence-corrected chi connectivity index (χ4v) is 1.27. The van der Waals surface area contributed by atoms with Gasteiger partial charge in [0.1, 0.15) is 0 Å². The van der Waals surface area contributed by atoms with Gasteiger partial charge in [0.25, 0.3) is 5.91 Å². The minimum absolute atomic E-state index is 0.0969. The van der Waals surface area contributed by atoms with Crippen molar-refractivity contribution in [2.45, 2.75) is 13.3 Å². The first-order valence-corrected chi connectivity index (χ1v) is 4.69. The van der Waals surface area contributed by atoms with Gasteiger partial charge < -0.3 is 11.1 Å². The molecule has 0 aliphatic carbocycles. The van der Waals surface area contributed by atoms with Crippen LogP contribution in [0.1, 0.15) is 23.0 Å². The van der Waals surface area contributed by atoms with Crippen LogP contribution in [0.4, 0.5) is 0 Å². The number of aromatic nitrogens is 2. The van der Waals surface area contributed by atoms with E-state index in [-0.39, 0.29) is 5.91 Å². The van der Waals surface area contributed by atoms with Gasteiger partial charge in [-0.05, 0) is 6.42 Å². The minimum Gasteiger partial charge on any atom is -0.351 e. The topological polar surface area (TPSA) is 72.9 Å². The second-order valence-corrected chi connectivity index (χ2v) is 3.06. The second kappa shape index (κ2) is 4.76. The van der Waals surface area contributed by atoms with Crippen LogP contribution >= 0.6 is 0 Å². The van der Waals surface area contributed by atoms with E-state index in [1.54, 1.807) is 17.9 Å². The molecule has 3 N–H and O–H groups in total. The first-order valence-electron chi connectivity index (χ1n) is 4.69. The lowest BCUT2D eigenvalue weighted by Gasteiger charge is -2.01. The summed E-state index contributed by atoms with van der Waals surface area (Å²) in [5, 5.41) is 6.90. The highest BCUT2D eigenvalue weighted by Crippen LogP contribution is 2.06. The molecule has 14 heavy (non-hydrogen) atoms. The summed E-state index contributed by atoms with van der Waals surface area (Å²) in [6.45, 7) is 2.92. The number of rotatable bonds is 4. The normalized spacial score (nSPS) is 10.2. The Hall–Kier alpha value is -1.36. The number of hydrogen-bond acceptors (Lipinski definition) is 3. The molecule has 1 heterocycles. The molecule has 0 fully saturated rings. The Morgan fingerprint density at radius 2 is 2.43 bits per heavy atom. The van der Waals surface area contributed by atoms with Crippen LogP contribution < -0.4 is 11.1 Å². The minimum atomic E-state index is -0.0969. The average molecular weight is 196 g/mol. The zero-order chi connectivity index (χ0) is 10.6. The average Bonchev–Trinajstić information content (AvgIpc) is 2.56. The van der Waals surface area contributed by atoms with E-state index in [0.717, 1.165) is 12.1 Å². The molecular weight excluding hydrogens is 180 g/mol. The molecule has 1 amide bonds. The predicted molar refractivity (Wildman–Crippen MR) is 54.0 cm³/mol. The molecule has 78 valence electrons. The van der Waals surface area contributed by atoms with Gasteiger partial charge in [-0.15, -0.1) is 0 Å². The Morgan fingerprint density at radius 3 is 3.00 bits per heavy atom. The maximum Gasteiger partial charge on any atom is 0.254 e. The van der Waals surface area contributed by atoms with Crippen LogP contribution in [-0.4, -0.2) is 28.8 Å². The number of aryl methyl sites for hydroxylation is 2. The van der Waals surface area contributed by atoms with Crippen LogP contribution in [0.5, 0.6) is 0 Å². The Morgan fingerprint density at radius 1 is 1.71 bits per heavy atom. The van der Waals surface area contributed by atoms with Gasteiger partial charge in [0.2, 0.25) is 0 Å². The lowest BCUT2D eigenvalue weighted by Crippen LogP contribution is -2.29. The van der Waals surface area contributed by atoms with E-state index in [2.05, 4.69) is 10.4 Å². The van der Waals surface area contributed by atoms with Crippen molar-refractivity contribution in [2.75, 3.05) is 13.1 Å². The molecule has 0 spiro atoms. The highest BCUT2D eigenvalue weighted by Gasteiger charge is 2.12. The van der Waals surface area contributed by atoms with Crippen molar-refractivity contribution in [1.29, 1.82) is 0 Å². The number of nitrogens with zero attached hydrogens (tertiary/aromatic N) is 2. The highest BCUT2D eigenvalue weighted by atomic mass is 16.1. The van der Waals surface area contributed by atoms with Gasteiger partial charge in [0.05, 0.1) is 11.3 Å². The Labute approximate surface area is 83.3 Å². The van der Waals surface area contributed by atoms with Crippen molar-refractivity contribution in [1.82, 2.24) is 15.1 Å². The molecule has 0 unspecified atom stereocenters. The molecule has 0 atom stereocenters. The fourth-order valence-electron chi connectivity index (χ4n) is 1.27. The SMILES string of the molecule is CCc1nn(C)cc1C(=O)NCCN. The summed E-state index contributed by atoms with van der Waals surface area (Å²) < 4.78 is 1.65. The summed E-state index contributed by atoms with van der Waals surface area (Å²) in [5.74, 6) is -0.0969. The maximum absolute atomic E-state index is 11.6. The van der Waals surface area contributed by atoms with Crippen molar-refractivity contribution in [3.05, 3.63) is 17.5 Å². The van der Waals surface area contributed by atoms with Gasteiger partial charge in [0, 0.05) is 26.3 Å². The van der Waals surface area contributed by atoms with Crippen molar-refractivity contribution in [3.8, 4) is 0 Å². The third-order valence-electron chi connectivity index (χ3n) is 1.91. The number of amides is 1. The molecule has 0 radical (unpaired) electrons. The van der Waals surface area contributed by atoms with E-state index >= 15 is 0 Å². The molecule has 1 rings (SSSR count). The van der Waals surface area contributed by atoms with E-state index in [1.807, 2.05) is 6.92 Å². The second-order valence-electron chi connectivity index (χ2n) is 3.06. The lowest BCUT2D eigenvalue weighted by molar-refractivity contribution is 0.0954. The molecule has 0 bridgehead atoms. The molecule has 5 heteroatoms. The summed E-state index contributed by atoms with van der Waals surface area (Å²) in [6, 6.07) is 0. The van der Waals surface area contributed by atoms with Crippen molar-refractivity contribution in [3.63, 3.8) is 0 Å². The van der Waals surface area contributed by atoms with Crippen molar-refractivity contribution in [2.24, 2.45) is 12.8 Å². The van der Waals surface area contributed by atoms with Crippen LogP contribution in [0.2, 0.25) is 0 Å². The van der Waals surface area contributed by atoms with E-state index in [0.29, 0.717) is 18.7 Å². The zero-order valence-electron chi connectivity index (χ0n) is 8.58. The molecule has 0 aliphatic rings. The van der Waals surface area contributed by atoms with Crippen molar-refractivity contribution < 1.29 is 4.79 Å².